The molecule has 1 saturated heterocycles. The molecular formula is C34H34FN5O4. The number of hydrogen-bond acceptors (Lipinski definition) is 7. The standard InChI is InChI=1S/C34H34FN5O4/c1-7-21-16-23-30(31-26(21)27-22(33(42)44-31)10-9-11-24(27)35)40(29-19(5)12-13-36-28(29)18(3)4)34(43)37-32(23)39-15-14-38(17-20(39)6)25(41)8-2/h8-13,16,18,20H,2,7,14-15,17H2,1,3-6H3/t20-/m0/s1. The fraction of sp³-hybridized carbons (Fsp3) is 0.324. The Balaban J connectivity index is 1.81. The van der Waals surface area contributed by atoms with Gasteiger partial charge in [-0.3, -0.25) is 14.3 Å². The molecule has 226 valence electrons. The number of aryl methyl sites for hydroxylation is 2. The van der Waals surface area contributed by atoms with Crippen molar-refractivity contribution in [3.8, 4) is 5.69 Å². The van der Waals surface area contributed by atoms with Crippen LogP contribution in [0.1, 0.15) is 50.4 Å². The summed E-state index contributed by atoms with van der Waals surface area (Å²) in [6, 6.07) is 7.91. The lowest BCUT2D eigenvalue weighted by molar-refractivity contribution is -0.126. The number of piperazine rings is 1. The predicted octanol–water partition coefficient (Wildman–Crippen LogP) is 5.40. The van der Waals surface area contributed by atoms with Crippen LogP contribution in [0.15, 0.2) is 63.2 Å². The Kier molecular flexibility index (Phi) is 7.31. The van der Waals surface area contributed by atoms with Crippen molar-refractivity contribution in [2.75, 3.05) is 24.5 Å². The van der Waals surface area contributed by atoms with Crippen molar-refractivity contribution in [1.82, 2.24) is 19.4 Å². The Hall–Kier alpha value is -4.86. The smallest absolute Gasteiger partial charge is 0.354 e. The molecule has 1 aliphatic rings. The van der Waals surface area contributed by atoms with Crippen LogP contribution in [0.25, 0.3) is 38.3 Å². The normalized spacial score (nSPS) is 15.6. The third kappa shape index (κ3) is 4.47. The molecule has 0 saturated carbocycles. The zero-order chi connectivity index (χ0) is 31.4. The molecule has 1 atom stereocenters. The van der Waals surface area contributed by atoms with E-state index >= 15 is 4.39 Å². The lowest BCUT2D eigenvalue weighted by Crippen LogP contribution is -2.54. The molecule has 44 heavy (non-hydrogen) atoms. The van der Waals surface area contributed by atoms with E-state index < -0.39 is 17.1 Å². The Morgan fingerprint density at radius 2 is 1.95 bits per heavy atom. The fourth-order valence-corrected chi connectivity index (χ4v) is 6.45. The monoisotopic (exact) mass is 595 g/mol. The van der Waals surface area contributed by atoms with Crippen molar-refractivity contribution < 1.29 is 13.6 Å². The molecule has 9 nitrogen and oxygen atoms in total. The van der Waals surface area contributed by atoms with Gasteiger partial charge in [0.1, 0.15) is 17.2 Å². The number of amides is 1. The summed E-state index contributed by atoms with van der Waals surface area (Å²) in [7, 11) is 0. The zero-order valence-electron chi connectivity index (χ0n) is 25.5. The minimum atomic E-state index is -0.698. The number of nitrogens with zero attached hydrogens (tertiary/aromatic N) is 5. The number of pyridine rings is 1. The highest BCUT2D eigenvalue weighted by molar-refractivity contribution is 6.16. The van der Waals surface area contributed by atoms with Gasteiger partial charge in [0.25, 0.3) is 0 Å². The number of benzene rings is 2. The van der Waals surface area contributed by atoms with E-state index in [1.165, 1.54) is 22.8 Å². The maximum Gasteiger partial charge on any atom is 0.354 e. The van der Waals surface area contributed by atoms with Crippen LogP contribution >= 0.6 is 0 Å². The number of hydrogen-bond donors (Lipinski definition) is 0. The Morgan fingerprint density at radius 1 is 1.18 bits per heavy atom. The lowest BCUT2D eigenvalue weighted by Gasteiger charge is -2.40. The zero-order valence-corrected chi connectivity index (χ0v) is 25.5. The van der Waals surface area contributed by atoms with Gasteiger partial charge >= 0.3 is 11.3 Å². The van der Waals surface area contributed by atoms with E-state index in [1.807, 2.05) is 51.7 Å². The average molecular weight is 596 g/mol. The molecule has 4 heterocycles. The molecule has 0 bridgehead atoms. The van der Waals surface area contributed by atoms with Gasteiger partial charge in [-0.15, -0.1) is 0 Å². The highest BCUT2D eigenvalue weighted by Crippen LogP contribution is 2.39. The second-order valence-corrected chi connectivity index (χ2v) is 11.6. The van der Waals surface area contributed by atoms with Gasteiger partial charge in [-0.25, -0.2) is 14.0 Å². The molecule has 10 heteroatoms. The highest BCUT2D eigenvalue weighted by atomic mass is 19.1. The van der Waals surface area contributed by atoms with Crippen LogP contribution in [0.2, 0.25) is 0 Å². The number of halogens is 1. The van der Waals surface area contributed by atoms with E-state index in [9.17, 15) is 14.4 Å². The fourth-order valence-electron chi connectivity index (χ4n) is 6.45. The SMILES string of the molecule is C=CC(=O)N1CCN(c2nc(=O)n(-c3c(C)ccnc3C(C)C)c3c2cc(CC)c2c3oc(=O)c3cccc(F)c32)[C@@H](C)C1. The molecule has 3 aromatic heterocycles. The number of fused-ring (bicyclic) bond motifs is 5. The van der Waals surface area contributed by atoms with Gasteiger partial charge in [-0.1, -0.05) is 33.4 Å². The van der Waals surface area contributed by atoms with Crippen LogP contribution < -0.4 is 16.2 Å². The van der Waals surface area contributed by atoms with Crippen molar-refractivity contribution >= 4 is 44.4 Å². The van der Waals surface area contributed by atoms with E-state index in [-0.39, 0.29) is 34.2 Å². The van der Waals surface area contributed by atoms with Gasteiger partial charge in [-0.2, -0.15) is 4.98 Å². The molecule has 0 N–H and O–H groups in total. The van der Waals surface area contributed by atoms with Gasteiger partial charge < -0.3 is 14.2 Å². The average Bonchev–Trinajstić information content (AvgIpc) is 3.00. The molecule has 2 aromatic carbocycles. The summed E-state index contributed by atoms with van der Waals surface area (Å²) in [4.78, 5) is 53.1. The summed E-state index contributed by atoms with van der Waals surface area (Å²) in [5.74, 6) is -0.337. The first-order chi connectivity index (χ1) is 21.1. The summed E-state index contributed by atoms with van der Waals surface area (Å²) in [6.45, 7) is 14.6. The molecule has 5 aromatic rings. The van der Waals surface area contributed by atoms with Crippen LogP contribution in [-0.2, 0) is 11.2 Å². The van der Waals surface area contributed by atoms with Crippen LogP contribution in [0.5, 0.6) is 0 Å². The third-order valence-electron chi connectivity index (χ3n) is 8.56. The molecule has 0 radical (unpaired) electrons. The van der Waals surface area contributed by atoms with Gasteiger partial charge in [-0.05, 0) is 67.7 Å². The van der Waals surface area contributed by atoms with Crippen LogP contribution in [0.3, 0.4) is 0 Å². The number of anilines is 1. The van der Waals surface area contributed by atoms with E-state index in [2.05, 4.69) is 16.5 Å². The predicted molar refractivity (Wildman–Crippen MR) is 170 cm³/mol. The number of aromatic nitrogens is 3. The Bertz CT molecular complexity index is 2120. The first-order valence-corrected chi connectivity index (χ1v) is 14.8. The molecule has 0 unspecified atom stereocenters. The third-order valence-corrected chi connectivity index (χ3v) is 8.56. The highest BCUT2D eigenvalue weighted by Gasteiger charge is 2.31. The molecule has 1 fully saturated rings. The number of rotatable bonds is 5. The van der Waals surface area contributed by atoms with Crippen molar-refractivity contribution in [2.24, 2.45) is 0 Å². The second kappa shape index (κ2) is 11.0. The Morgan fingerprint density at radius 3 is 2.64 bits per heavy atom. The largest absolute Gasteiger partial charge is 0.420 e. The van der Waals surface area contributed by atoms with E-state index in [1.54, 1.807) is 17.2 Å². The topological polar surface area (TPSA) is 102 Å². The van der Waals surface area contributed by atoms with E-state index in [4.69, 9.17) is 4.42 Å². The summed E-state index contributed by atoms with van der Waals surface area (Å²) < 4.78 is 23.1. The van der Waals surface area contributed by atoms with Crippen LogP contribution in [-0.4, -0.2) is 51.0 Å². The van der Waals surface area contributed by atoms with Crippen molar-refractivity contribution in [1.29, 1.82) is 0 Å². The number of carbonyl (C=O) groups is 1. The van der Waals surface area contributed by atoms with Crippen LogP contribution in [0, 0.1) is 12.7 Å². The van der Waals surface area contributed by atoms with Crippen LogP contribution in [0.4, 0.5) is 10.2 Å². The molecule has 0 aliphatic carbocycles. The number of carbonyl (C=O) groups excluding carboxylic acids is 1. The first-order valence-electron chi connectivity index (χ1n) is 14.8. The van der Waals surface area contributed by atoms with Gasteiger partial charge in [0.05, 0.1) is 16.8 Å². The molecular weight excluding hydrogens is 561 g/mol. The van der Waals surface area contributed by atoms with Crippen molar-refractivity contribution in [2.45, 2.75) is 53.0 Å². The summed E-state index contributed by atoms with van der Waals surface area (Å²) in [5, 5.41) is 1.32. The van der Waals surface area contributed by atoms with Crippen molar-refractivity contribution in [3.05, 3.63) is 92.7 Å². The lowest BCUT2D eigenvalue weighted by atomic mass is 9.97. The summed E-state index contributed by atoms with van der Waals surface area (Å²) in [6.07, 6.45) is 3.50. The minimum absolute atomic E-state index is 0.0477. The van der Waals surface area contributed by atoms with Crippen molar-refractivity contribution in [3.63, 3.8) is 0 Å². The molecule has 0 spiro atoms. The molecule has 1 amide bonds. The molecule has 1 aliphatic heterocycles. The quantitative estimate of drug-likeness (QED) is 0.152. The summed E-state index contributed by atoms with van der Waals surface area (Å²) >= 11 is 0. The molecule has 6 rings (SSSR count). The first kappa shape index (κ1) is 29.2. The maximum absolute atomic E-state index is 15.6. The van der Waals surface area contributed by atoms with E-state index in [0.29, 0.717) is 59.5 Å². The minimum Gasteiger partial charge on any atom is -0.420 e. The van der Waals surface area contributed by atoms with Gasteiger partial charge in [0.2, 0.25) is 5.91 Å². The second-order valence-electron chi connectivity index (χ2n) is 11.6. The van der Waals surface area contributed by atoms with Gasteiger partial charge in [0.15, 0.2) is 5.58 Å². The Labute approximate surface area is 253 Å². The van der Waals surface area contributed by atoms with E-state index in [0.717, 1.165) is 11.1 Å². The summed E-state index contributed by atoms with van der Waals surface area (Å²) in [5.41, 5.74) is 1.93. The van der Waals surface area contributed by atoms with Gasteiger partial charge in [0, 0.05) is 48.0 Å². The maximum atomic E-state index is 15.6.